The van der Waals surface area contributed by atoms with Crippen LogP contribution in [0, 0.1) is 0 Å². The molecule has 1 aliphatic rings. The Morgan fingerprint density at radius 3 is 3.00 bits per heavy atom. The van der Waals surface area contributed by atoms with Crippen molar-refractivity contribution in [1.82, 2.24) is 15.5 Å². The molecular weight excluding hydrogens is 150 g/mol. The first-order valence-corrected chi connectivity index (χ1v) is 4.93. The normalized spacial score (nSPS) is 23.5. The third kappa shape index (κ3) is 3.52. The highest BCUT2D eigenvalue weighted by atomic mass is 15.2. The molecular formula is C9H21N3. The van der Waals surface area contributed by atoms with E-state index in [4.69, 9.17) is 0 Å². The molecule has 1 atom stereocenters. The summed E-state index contributed by atoms with van der Waals surface area (Å²) in [6, 6.07) is 0.614. The van der Waals surface area contributed by atoms with E-state index in [1.54, 1.807) is 0 Å². The highest BCUT2D eigenvalue weighted by Crippen LogP contribution is 1.96. The molecule has 0 radical (unpaired) electrons. The number of rotatable bonds is 3. The molecule has 3 heteroatoms. The van der Waals surface area contributed by atoms with Gasteiger partial charge in [-0.25, -0.2) is 0 Å². The molecule has 0 bridgehead atoms. The smallest absolute Gasteiger partial charge is 0.0163 e. The average Bonchev–Trinajstić information content (AvgIpc) is 2.33. The minimum atomic E-state index is 0.614. The van der Waals surface area contributed by atoms with Crippen LogP contribution in [0.5, 0.6) is 0 Å². The Morgan fingerprint density at radius 1 is 1.42 bits per heavy atom. The number of nitrogens with one attached hydrogen (secondary N) is 2. The Labute approximate surface area is 75.5 Å². The van der Waals surface area contributed by atoms with Crippen molar-refractivity contribution in [3.63, 3.8) is 0 Å². The van der Waals surface area contributed by atoms with E-state index in [-0.39, 0.29) is 0 Å². The lowest BCUT2D eigenvalue weighted by Crippen LogP contribution is -2.39. The predicted molar refractivity (Wildman–Crippen MR) is 52.4 cm³/mol. The number of hydrogen-bond acceptors (Lipinski definition) is 3. The average molecular weight is 171 g/mol. The van der Waals surface area contributed by atoms with E-state index in [0.717, 1.165) is 6.54 Å². The predicted octanol–water partition coefficient (Wildman–Crippen LogP) is -0.110. The minimum Gasteiger partial charge on any atom is -0.316 e. The molecule has 72 valence electrons. The van der Waals surface area contributed by atoms with Gasteiger partial charge in [0, 0.05) is 25.7 Å². The van der Waals surface area contributed by atoms with E-state index in [1.165, 1.54) is 32.6 Å². The van der Waals surface area contributed by atoms with Gasteiger partial charge in [-0.2, -0.15) is 0 Å². The molecule has 12 heavy (non-hydrogen) atoms. The second-order valence-electron chi connectivity index (χ2n) is 3.59. The fourth-order valence-electron chi connectivity index (χ4n) is 1.56. The van der Waals surface area contributed by atoms with Crippen molar-refractivity contribution in [3.05, 3.63) is 0 Å². The minimum absolute atomic E-state index is 0.614. The highest BCUT2D eigenvalue weighted by molar-refractivity contribution is 4.70. The zero-order valence-corrected chi connectivity index (χ0v) is 8.27. The molecule has 1 fully saturated rings. The SMILES string of the molecule is CNC(C)CN1CCCNCC1. The van der Waals surface area contributed by atoms with E-state index < -0.39 is 0 Å². The van der Waals surface area contributed by atoms with E-state index in [0.29, 0.717) is 6.04 Å². The molecule has 0 aromatic carbocycles. The molecule has 1 saturated heterocycles. The Balaban J connectivity index is 2.20. The van der Waals surface area contributed by atoms with Crippen LogP contribution in [-0.4, -0.2) is 50.7 Å². The van der Waals surface area contributed by atoms with Gasteiger partial charge >= 0.3 is 0 Å². The fourth-order valence-corrected chi connectivity index (χ4v) is 1.56. The number of nitrogens with zero attached hydrogens (tertiary/aromatic N) is 1. The zero-order valence-electron chi connectivity index (χ0n) is 8.27. The van der Waals surface area contributed by atoms with Crippen LogP contribution in [0.3, 0.4) is 0 Å². The lowest BCUT2D eigenvalue weighted by atomic mass is 10.3. The second kappa shape index (κ2) is 5.51. The summed E-state index contributed by atoms with van der Waals surface area (Å²) in [6.45, 7) is 8.20. The molecule has 0 aromatic rings. The first-order valence-electron chi connectivity index (χ1n) is 4.93. The Hall–Kier alpha value is -0.120. The molecule has 2 N–H and O–H groups in total. The standard InChI is InChI=1S/C9H21N3/c1-9(10-2)8-12-6-3-4-11-5-7-12/h9-11H,3-8H2,1-2H3. The van der Waals surface area contributed by atoms with E-state index in [1.807, 2.05) is 7.05 Å². The van der Waals surface area contributed by atoms with Crippen molar-refractivity contribution in [2.24, 2.45) is 0 Å². The maximum atomic E-state index is 3.41. The number of hydrogen-bond donors (Lipinski definition) is 2. The van der Waals surface area contributed by atoms with Gasteiger partial charge in [-0.3, -0.25) is 0 Å². The van der Waals surface area contributed by atoms with Crippen LogP contribution in [0.25, 0.3) is 0 Å². The van der Waals surface area contributed by atoms with Crippen LogP contribution in [-0.2, 0) is 0 Å². The maximum Gasteiger partial charge on any atom is 0.0163 e. The molecule has 1 rings (SSSR count). The largest absolute Gasteiger partial charge is 0.316 e. The summed E-state index contributed by atoms with van der Waals surface area (Å²) in [5.74, 6) is 0. The van der Waals surface area contributed by atoms with Gasteiger partial charge in [0.2, 0.25) is 0 Å². The van der Waals surface area contributed by atoms with Crippen LogP contribution in [0.1, 0.15) is 13.3 Å². The van der Waals surface area contributed by atoms with E-state index >= 15 is 0 Å². The van der Waals surface area contributed by atoms with E-state index in [9.17, 15) is 0 Å². The quantitative estimate of drug-likeness (QED) is 0.620. The first kappa shape index (κ1) is 9.96. The second-order valence-corrected chi connectivity index (χ2v) is 3.59. The van der Waals surface area contributed by atoms with Gasteiger partial charge in [0.05, 0.1) is 0 Å². The van der Waals surface area contributed by atoms with Crippen molar-refractivity contribution in [2.45, 2.75) is 19.4 Å². The highest BCUT2D eigenvalue weighted by Gasteiger charge is 2.10. The van der Waals surface area contributed by atoms with Crippen LogP contribution >= 0.6 is 0 Å². The van der Waals surface area contributed by atoms with E-state index in [2.05, 4.69) is 22.5 Å². The van der Waals surface area contributed by atoms with Crippen LogP contribution in [0.4, 0.5) is 0 Å². The lowest BCUT2D eigenvalue weighted by molar-refractivity contribution is 0.267. The molecule has 0 saturated carbocycles. The topological polar surface area (TPSA) is 27.3 Å². The Kier molecular flexibility index (Phi) is 4.58. The van der Waals surface area contributed by atoms with Crippen molar-refractivity contribution in [3.8, 4) is 0 Å². The first-order chi connectivity index (χ1) is 5.83. The van der Waals surface area contributed by atoms with Crippen LogP contribution in [0.15, 0.2) is 0 Å². The van der Waals surface area contributed by atoms with Crippen molar-refractivity contribution in [2.75, 3.05) is 39.8 Å². The van der Waals surface area contributed by atoms with Crippen molar-refractivity contribution < 1.29 is 0 Å². The molecule has 0 aliphatic carbocycles. The monoisotopic (exact) mass is 171 g/mol. The summed E-state index contributed by atoms with van der Waals surface area (Å²) in [5, 5.41) is 6.68. The fraction of sp³-hybridized carbons (Fsp3) is 1.00. The summed E-state index contributed by atoms with van der Waals surface area (Å²) in [5.41, 5.74) is 0. The molecule has 1 aliphatic heterocycles. The Morgan fingerprint density at radius 2 is 2.25 bits per heavy atom. The van der Waals surface area contributed by atoms with Crippen molar-refractivity contribution >= 4 is 0 Å². The summed E-state index contributed by atoms with van der Waals surface area (Å²) < 4.78 is 0. The van der Waals surface area contributed by atoms with Gasteiger partial charge in [-0.15, -0.1) is 0 Å². The van der Waals surface area contributed by atoms with Gasteiger partial charge in [-0.05, 0) is 33.5 Å². The molecule has 0 aromatic heterocycles. The van der Waals surface area contributed by atoms with Crippen LogP contribution < -0.4 is 10.6 Å². The van der Waals surface area contributed by atoms with Gasteiger partial charge in [-0.1, -0.05) is 0 Å². The summed E-state index contributed by atoms with van der Waals surface area (Å²) >= 11 is 0. The lowest BCUT2D eigenvalue weighted by Gasteiger charge is -2.23. The van der Waals surface area contributed by atoms with Crippen LogP contribution in [0.2, 0.25) is 0 Å². The number of likely N-dealkylation sites (N-methyl/N-ethyl adjacent to an activating group) is 1. The molecule has 3 nitrogen and oxygen atoms in total. The van der Waals surface area contributed by atoms with Gasteiger partial charge in [0.25, 0.3) is 0 Å². The third-order valence-corrected chi connectivity index (χ3v) is 2.46. The molecule has 0 spiro atoms. The maximum absolute atomic E-state index is 3.41. The molecule has 1 unspecified atom stereocenters. The molecule has 0 amide bonds. The van der Waals surface area contributed by atoms with Crippen molar-refractivity contribution in [1.29, 1.82) is 0 Å². The van der Waals surface area contributed by atoms with Gasteiger partial charge in [0.1, 0.15) is 0 Å². The summed E-state index contributed by atoms with van der Waals surface area (Å²) in [7, 11) is 2.03. The van der Waals surface area contributed by atoms with Gasteiger partial charge < -0.3 is 15.5 Å². The summed E-state index contributed by atoms with van der Waals surface area (Å²) in [6.07, 6.45) is 1.29. The third-order valence-electron chi connectivity index (χ3n) is 2.46. The zero-order chi connectivity index (χ0) is 8.81. The molecule has 1 heterocycles. The van der Waals surface area contributed by atoms with Gasteiger partial charge in [0.15, 0.2) is 0 Å². The Bertz CT molecular complexity index is 108. The summed E-state index contributed by atoms with van der Waals surface area (Å²) in [4.78, 5) is 2.53.